The quantitative estimate of drug-likeness (QED) is 0.686. The van der Waals surface area contributed by atoms with Crippen LogP contribution in [-0.2, 0) is 0 Å². The van der Waals surface area contributed by atoms with E-state index < -0.39 is 0 Å². The van der Waals surface area contributed by atoms with Crippen LogP contribution >= 0.6 is 0 Å². The van der Waals surface area contributed by atoms with Crippen LogP contribution in [0.2, 0.25) is 0 Å². The first kappa shape index (κ1) is 9.65. The molecule has 70 valence electrons. The number of H-pyrrole nitrogens is 1. The highest BCUT2D eigenvalue weighted by Gasteiger charge is 1.95. The first-order valence-corrected chi connectivity index (χ1v) is 4.65. The van der Waals surface area contributed by atoms with Gasteiger partial charge >= 0.3 is 0 Å². The smallest absolute Gasteiger partial charge is 0.104 e. The Hall–Kier alpha value is -1.44. The van der Waals surface area contributed by atoms with Crippen molar-refractivity contribution in [2.75, 3.05) is 12.4 Å². The van der Waals surface area contributed by atoms with E-state index in [9.17, 15) is 0 Å². The summed E-state index contributed by atoms with van der Waals surface area (Å²) < 4.78 is 0. The summed E-state index contributed by atoms with van der Waals surface area (Å²) in [6, 6.07) is 10.3. The second-order valence-electron chi connectivity index (χ2n) is 2.52. The summed E-state index contributed by atoms with van der Waals surface area (Å²) in [6.07, 6.45) is 0. The summed E-state index contributed by atoms with van der Waals surface area (Å²) in [6.45, 7) is 4.00. The number of benzene rings is 1. The molecule has 2 nitrogen and oxygen atoms in total. The molecule has 0 unspecified atom stereocenters. The van der Waals surface area contributed by atoms with E-state index in [0.717, 1.165) is 5.82 Å². The first-order chi connectivity index (χ1) is 6.40. The molecule has 13 heavy (non-hydrogen) atoms. The number of hydrogen-bond acceptors (Lipinski definition) is 1. The van der Waals surface area contributed by atoms with Crippen LogP contribution in [-0.4, -0.2) is 12.0 Å². The third-order valence-electron chi connectivity index (χ3n) is 1.80. The molecule has 2 aromatic rings. The minimum absolute atomic E-state index is 1.06. The molecule has 0 aliphatic carbocycles. The van der Waals surface area contributed by atoms with Gasteiger partial charge in [-0.1, -0.05) is 32.0 Å². The van der Waals surface area contributed by atoms with Crippen molar-refractivity contribution in [1.82, 2.24) is 4.98 Å². The van der Waals surface area contributed by atoms with Crippen LogP contribution in [0.3, 0.4) is 0 Å². The summed E-state index contributed by atoms with van der Waals surface area (Å²) >= 11 is 0. The lowest BCUT2D eigenvalue weighted by Gasteiger charge is -1.89. The third-order valence-corrected chi connectivity index (χ3v) is 1.80. The third kappa shape index (κ3) is 2.02. The lowest BCUT2D eigenvalue weighted by Crippen LogP contribution is -1.85. The van der Waals surface area contributed by atoms with Crippen molar-refractivity contribution in [2.45, 2.75) is 13.8 Å². The van der Waals surface area contributed by atoms with E-state index in [1.54, 1.807) is 0 Å². The molecule has 0 spiro atoms. The van der Waals surface area contributed by atoms with E-state index in [2.05, 4.69) is 28.5 Å². The minimum atomic E-state index is 1.06. The van der Waals surface area contributed by atoms with Gasteiger partial charge in [-0.25, -0.2) is 0 Å². The number of fused-ring (bicyclic) bond motifs is 1. The Morgan fingerprint density at radius 2 is 1.85 bits per heavy atom. The van der Waals surface area contributed by atoms with Crippen molar-refractivity contribution in [2.24, 2.45) is 0 Å². The Bertz CT molecular complexity index is 330. The van der Waals surface area contributed by atoms with Crippen LogP contribution in [0.15, 0.2) is 30.3 Å². The highest BCUT2D eigenvalue weighted by molar-refractivity contribution is 5.83. The standard InChI is InChI=1S/C9H10N2.C2H6/c1-10-9-6-7-4-2-3-5-8(7)11-9;1-2/h2-6,10-11H,1H3;1-2H3. The molecule has 1 aromatic carbocycles. The summed E-state index contributed by atoms with van der Waals surface area (Å²) in [5.41, 5.74) is 1.18. The molecular formula is C11H16N2. The molecule has 0 aliphatic rings. The molecule has 1 heterocycles. The van der Waals surface area contributed by atoms with Gasteiger partial charge in [0.25, 0.3) is 0 Å². The van der Waals surface area contributed by atoms with Gasteiger partial charge in [0, 0.05) is 18.0 Å². The summed E-state index contributed by atoms with van der Waals surface area (Å²) in [4.78, 5) is 3.23. The fourth-order valence-electron chi connectivity index (χ4n) is 1.21. The van der Waals surface area contributed by atoms with Crippen molar-refractivity contribution < 1.29 is 0 Å². The number of rotatable bonds is 1. The number of hydrogen-bond donors (Lipinski definition) is 2. The monoisotopic (exact) mass is 176 g/mol. The zero-order valence-corrected chi connectivity index (χ0v) is 8.39. The lowest BCUT2D eigenvalue weighted by atomic mass is 10.2. The van der Waals surface area contributed by atoms with Gasteiger partial charge in [-0.2, -0.15) is 0 Å². The fourth-order valence-corrected chi connectivity index (χ4v) is 1.21. The Kier molecular flexibility index (Phi) is 3.38. The van der Waals surface area contributed by atoms with E-state index in [0.29, 0.717) is 0 Å². The van der Waals surface area contributed by atoms with Crippen LogP contribution in [0.4, 0.5) is 5.82 Å². The number of anilines is 1. The summed E-state index contributed by atoms with van der Waals surface area (Å²) in [5, 5.41) is 4.31. The van der Waals surface area contributed by atoms with Crippen molar-refractivity contribution in [3.05, 3.63) is 30.3 Å². The maximum Gasteiger partial charge on any atom is 0.104 e. The largest absolute Gasteiger partial charge is 0.375 e. The van der Waals surface area contributed by atoms with E-state index in [1.807, 2.05) is 33.0 Å². The SMILES string of the molecule is CC.CNc1cc2ccccc2[nH]1. The highest BCUT2D eigenvalue weighted by Crippen LogP contribution is 2.16. The highest BCUT2D eigenvalue weighted by atomic mass is 15.0. The Morgan fingerprint density at radius 1 is 1.15 bits per heavy atom. The molecule has 2 heteroatoms. The minimum Gasteiger partial charge on any atom is -0.375 e. The summed E-state index contributed by atoms with van der Waals surface area (Å²) in [5.74, 6) is 1.06. The van der Waals surface area contributed by atoms with Crippen LogP contribution in [0.25, 0.3) is 10.9 Å². The van der Waals surface area contributed by atoms with Crippen molar-refractivity contribution >= 4 is 16.7 Å². The molecule has 0 amide bonds. The molecular weight excluding hydrogens is 160 g/mol. The van der Waals surface area contributed by atoms with Gasteiger partial charge in [0.15, 0.2) is 0 Å². The van der Waals surface area contributed by atoms with Gasteiger partial charge in [0.2, 0.25) is 0 Å². The number of aromatic nitrogens is 1. The average molecular weight is 176 g/mol. The van der Waals surface area contributed by atoms with Gasteiger partial charge < -0.3 is 10.3 Å². The van der Waals surface area contributed by atoms with Crippen molar-refractivity contribution in [3.63, 3.8) is 0 Å². The topological polar surface area (TPSA) is 27.8 Å². The molecule has 2 rings (SSSR count). The predicted molar refractivity (Wildman–Crippen MR) is 59.2 cm³/mol. The molecule has 0 atom stereocenters. The van der Waals surface area contributed by atoms with Gasteiger partial charge in [0.05, 0.1) is 0 Å². The first-order valence-electron chi connectivity index (χ1n) is 4.65. The zero-order valence-electron chi connectivity index (χ0n) is 8.39. The zero-order chi connectivity index (χ0) is 9.68. The van der Waals surface area contributed by atoms with E-state index in [-0.39, 0.29) is 0 Å². The van der Waals surface area contributed by atoms with Crippen LogP contribution < -0.4 is 5.32 Å². The fraction of sp³-hybridized carbons (Fsp3) is 0.273. The molecule has 0 fully saturated rings. The van der Waals surface area contributed by atoms with Crippen LogP contribution in [0.1, 0.15) is 13.8 Å². The lowest BCUT2D eigenvalue weighted by molar-refractivity contribution is 1.39. The normalized spacial score (nSPS) is 9.15. The molecule has 0 saturated heterocycles. The van der Waals surface area contributed by atoms with Gasteiger partial charge in [0.1, 0.15) is 5.82 Å². The molecule has 0 saturated carbocycles. The number of aromatic amines is 1. The van der Waals surface area contributed by atoms with E-state index in [1.165, 1.54) is 10.9 Å². The molecule has 0 aliphatic heterocycles. The van der Waals surface area contributed by atoms with Crippen LogP contribution in [0.5, 0.6) is 0 Å². The number of para-hydroxylation sites is 1. The molecule has 1 aromatic heterocycles. The second-order valence-corrected chi connectivity index (χ2v) is 2.52. The molecule has 0 bridgehead atoms. The second kappa shape index (κ2) is 4.55. The number of nitrogens with one attached hydrogen (secondary N) is 2. The van der Waals surface area contributed by atoms with Gasteiger partial charge in [-0.15, -0.1) is 0 Å². The predicted octanol–water partition coefficient (Wildman–Crippen LogP) is 3.24. The Balaban J connectivity index is 0.000000396. The van der Waals surface area contributed by atoms with Gasteiger partial charge in [-0.3, -0.25) is 0 Å². The van der Waals surface area contributed by atoms with E-state index >= 15 is 0 Å². The van der Waals surface area contributed by atoms with E-state index in [4.69, 9.17) is 0 Å². The Morgan fingerprint density at radius 3 is 2.46 bits per heavy atom. The average Bonchev–Trinajstić information content (AvgIpc) is 2.63. The summed E-state index contributed by atoms with van der Waals surface area (Å²) in [7, 11) is 1.91. The Labute approximate surface area is 79.0 Å². The molecule has 2 N–H and O–H groups in total. The maximum atomic E-state index is 3.23. The van der Waals surface area contributed by atoms with Crippen LogP contribution in [0, 0.1) is 0 Å². The van der Waals surface area contributed by atoms with Crippen molar-refractivity contribution in [3.8, 4) is 0 Å². The van der Waals surface area contributed by atoms with Gasteiger partial charge in [-0.05, 0) is 12.1 Å². The molecule has 0 radical (unpaired) electrons. The maximum absolute atomic E-state index is 3.23. The van der Waals surface area contributed by atoms with Crippen molar-refractivity contribution in [1.29, 1.82) is 0 Å².